The molecular weight excluding hydrogens is 585 g/mol. The average molecular weight is 615 g/mol. The number of benzene rings is 2. The molecule has 2 aliphatic carbocycles. The molecule has 1 saturated heterocycles. The van der Waals surface area contributed by atoms with Crippen molar-refractivity contribution >= 4 is 21.7 Å². The minimum absolute atomic E-state index is 0.0807. The van der Waals surface area contributed by atoms with Gasteiger partial charge in [-0.3, -0.25) is 9.59 Å². The van der Waals surface area contributed by atoms with Crippen LogP contribution in [0.1, 0.15) is 49.7 Å². The number of nitrogens with zero attached hydrogens (tertiary/aromatic N) is 2. The van der Waals surface area contributed by atoms with E-state index in [1.54, 1.807) is 17.0 Å². The van der Waals surface area contributed by atoms with E-state index in [-0.39, 0.29) is 29.5 Å². The number of likely N-dealkylation sites (tertiary alicyclic amines) is 1. The van der Waals surface area contributed by atoms with Crippen LogP contribution in [0.25, 0.3) is 0 Å². The normalized spacial score (nSPS) is 25.1. The van der Waals surface area contributed by atoms with Gasteiger partial charge in [-0.25, -0.2) is 22.2 Å². The summed E-state index contributed by atoms with van der Waals surface area (Å²) in [6.45, 7) is 0.173. The zero-order valence-corrected chi connectivity index (χ0v) is 23.8. The summed E-state index contributed by atoms with van der Waals surface area (Å²) >= 11 is 0. The van der Waals surface area contributed by atoms with E-state index >= 15 is 0 Å². The second kappa shape index (κ2) is 11.0. The van der Waals surface area contributed by atoms with Crippen LogP contribution in [-0.2, 0) is 30.6 Å². The molecule has 2 aromatic carbocycles. The highest BCUT2D eigenvalue weighted by molar-refractivity contribution is 7.92. The Bertz CT molecular complexity index is 1670. The van der Waals surface area contributed by atoms with Crippen LogP contribution in [0, 0.1) is 29.4 Å². The molecular formula is C31H29F3N2O6S. The molecule has 1 N–H and O–H groups in total. The van der Waals surface area contributed by atoms with Gasteiger partial charge < -0.3 is 14.7 Å². The van der Waals surface area contributed by atoms with Gasteiger partial charge in [0.05, 0.1) is 16.9 Å². The van der Waals surface area contributed by atoms with Gasteiger partial charge in [0.1, 0.15) is 16.3 Å². The quantitative estimate of drug-likeness (QED) is 0.292. The van der Waals surface area contributed by atoms with Crippen LogP contribution in [0.4, 0.5) is 13.2 Å². The van der Waals surface area contributed by atoms with Crippen LogP contribution in [-0.4, -0.2) is 47.9 Å². The number of sulfone groups is 1. The molecule has 3 aromatic rings. The SMILES string of the molecule is O=C(O)[C@H]1CC[C@H](C(=O)N2CC[C@@]3(S(=O)(=O)c4ccc(F)cc4)c4ccc(Oc5c(F)ccnc5F)cc4CC[C@@H]23)CC1. The maximum absolute atomic E-state index is 14.5. The molecule has 3 aliphatic rings. The Labute approximate surface area is 246 Å². The molecule has 1 amide bonds. The number of aryl methyl sites for hydroxylation is 1. The molecule has 226 valence electrons. The van der Waals surface area contributed by atoms with Crippen molar-refractivity contribution in [2.24, 2.45) is 11.8 Å². The number of carbonyl (C=O) groups excluding carboxylic acids is 1. The third-order valence-electron chi connectivity index (χ3n) is 9.20. The number of carbonyl (C=O) groups is 2. The molecule has 8 nitrogen and oxygen atoms in total. The van der Waals surface area contributed by atoms with E-state index < -0.39 is 61.8 Å². The third-order valence-corrected chi connectivity index (χ3v) is 11.8. The lowest BCUT2D eigenvalue weighted by atomic mass is 9.77. The van der Waals surface area contributed by atoms with Gasteiger partial charge in [0, 0.05) is 18.7 Å². The smallest absolute Gasteiger partial charge is 0.306 e. The molecule has 1 aromatic heterocycles. The molecule has 2 fully saturated rings. The number of carboxylic acid groups (broad SMARTS) is 1. The minimum Gasteiger partial charge on any atom is -0.481 e. The Morgan fingerprint density at radius 1 is 0.953 bits per heavy atom. The van der Waals surface area contributed by atoms with Gasteiger partial charge in [-0.05, 0) is 98.5 Å². The maximum atomic E-state index is 14.5. The predicted molar refractivity (Wildman–Crippen MR) is 147 cm³/mol. The summed E-state index contributed by atoms with van der Waals surface area (Å²) in [5, 5.41) is 9.37. The van der Waals surface area contributed by atoms with Gasteiger partial charge in [-0.2, -0.15) is 4.39 Å². The van der Waals surface area contributed by atoms with Crippen molar-refractivity contribution in [3.05, 3.63) is 83.4 Å². The number of aromatic nitrogens is 1. The fourth-order valence-corrected chi connectivity index (χ4v) is 9.45. The average Bonchev–Trinajstić information content (AvgIpc) is 3.40. The first kappa shape index (κ1) is 29.2. The van der Waals surface area contributed by atoms with Crippen LogP contribution in [0.5, 0.6) is 11.5 Å². The van der Waals surface area contributed by atoms with E-state index in [0.29, 0.717) is 49.7 Å². The number of halogens is 3. The Morgan fingerprint density at radius 3 is 2.33 bits per heavy atom. The van der Waals surface area contributed by atoms with Crippen LogP contribution >= 0.6 is 0 Å². The molecule has 12 heteroatoms. The van der Waals surface area contributed by atoms with Gasteiger partial charge in [0.15, 0.2) is 15.7 Å². The van der Waals surface area contributed by atoms with Crippen molar-refractivity contribution in [1.82, 2.24) is 9.88 Å². The van der Waals surface area contributed by atoms with E-state index in [0.717, 1.165) is 24.4 Å². The van der Waals surface area contributed by atoms with Crippen LogP contribution in [0.15, 0.2) is 59.6 Å². The highest BCUT2D eigenvalue weighted by atomic mass is 32.2. The summed E-state index contributed by atoms with van der Waals surface area (Å²) in [4.78, 5) is 30.3. The van der Waals surface area contributed by atoms with Gasteiger partial charge in [0.25, 0.3) is 5.95 Å². The highest BCUT2D eigenvalue weighted by Crippen LogP contribution is 2.54. The van der Waals surface area contributed by atoms with E-state index in [1.165, 1.54) is 18.2 Å². The lowest BCUT2D eigenvalue weighted by molar-refractivity contribution is -0.146. The number of fused-ring (bicyclic) bond motifs is 3. The Kier molecular flexibility index (Phi) is 7.44. The fraction of sp³-hybridized carbons (Fsp3) is 0.387. The first-order valence-electron chi connectivity index (χ1n) is 14.2. The van der Waals surface area contributed by atoms with Crippen LogP contribution in [0.2, 0.25) is 0 Å². The standard InChI is InChI=1S/C31H29F3N2O6S/c32-21-6-9-23(10-7-21)43(40,41)31-14-16-36(29(37)18-1-3-19(4-2-18)30(38)39)26(31)12-5-20-17-22(8-11-24(20)31)42-27-25(33)13-15-35-28(27)34/h6-11,13,15,17-19,26H,1-5,12,14,16H2,(H,38,39)/t18-,19-,26-,31-/m1/s1. The summed E-state index contributed by atoms with van der Waals surface area (Å²) in [5.74, 6) is -5.20. The molecule has 2 atom stereocenters. The second-order valence-corrected chi connectivity index (χ2v) is 13.6. The number of amides is 1. The fourth-order valence-electron chi connectivity index (χ4n) is 7.09. The Morgan fingerprint density at radius 2 is 1.65 bits per heavy atom. The first-order valence-corrected chi connectivity index (χ1v) is 15.7. The molecule has 0 bridgehead atoms. The largest absolute Gasteiger partial charge is 0.481 e. The molecule has 43 heavy (non-hydrogen) atoms. The summed E-state index contributed by atoms with van der Waals surface area (Å²) in [7, 11) is -4.20. The van der Waals surface area contributed by atoms with Crippen LogP contribution in [0.3, 0.4) is 0 Å². The summed E-state index contributed by atoms with van der Waals surface area (Å²) in [6.07, 6.45) is 3.31. The molecule has 1 saturated carbocycles. The molecule has 0 spiro atoms. The van der Waals surface area contributed by atoms with Crippen molar-refractivity contribution in [1.29, 1.82) is 0 Å². The Hall–Kier alpha value is -3.93. The third kappa shape index (κ3) is 4.85. The van der Waals surface area contributed by atoms with E-state index in [4.69, 9.17) is 4.74 Å². The van der Waals surface area contributed by atoms with Crippen molar-refractivity contribution in [2.75, 3.05) is 6.54 Å². The number of aliphatic carboxylic acids is 1. The summed E-state index contributed by atoms with van der Waals surface area (Å²) in [6, 6.07) is 9.38. The van der Waals surface area contributed by atoms with Crippen molar-refractivity contribution in [3.8, 4) is 11.5 Å². The topological polar surface area (TPSA) is 114 Å². The van der Waals surface area contributed by atoms with E-state index in [9.17, 15) is 36.3 Å². The van der Waals surface area contributed by atoms with Gasteiger partial charge in [-0.15, -0.1) is 0 Å². The lowest BCUT2D eigenvalue weighted by Crippen LogP contribution is -2.53. The zero-order chi connectivity index (χ0) is 30.5. The number of pyridine rings is 1. The van der Waals surface area contributed by atoms with Crippen molar-refractivity contribution in [2.45, 2.75) is 60.6 Å². The van der Waals surface area contributed by atoms with Crippen molar-refractivity contribution < 1.29 is 41.0 Å². The number of rotatable bonds is 6. The van der Waals surface area contributed by atoms with Gasteiger partial charge >= 0.3 is 5.97 Å². The minimum atomic E-state index is -4.20. The van der Waals surface area contributed by atoms with E-state index in [2.05, 4.69) is 4.98 Å². The van der Waals surface area contributed by atoms with Crippen LogP contribution < -0.4 is 4.74 Å². The lowest BCUT2D eigenvalue weighted by Gasteiger charge is -2.43. The van der Waals surface area contributed by atoms with Gasteiger partial charge in [-0.1, -0.05) is 6.07 Å². The Balaban J connectivity index is 1.39. The molecule has 2 heterocycles. The number of ether oxygens (including phenoxy) is 1. The molecule has 1 aliphatic heterocycles. The number of carboxylic acids is 1. The number of hydrogen-bond acceptors (Lipinski definition) is 6. The number of hydrogen-bond donors (Lipinski definition) is 1. The zero-order valence-electron chi connectivity index (χ0n) is 23.0. The van der Waals surface area contributed by atoms with Gasteiger partial charge in [0.2, 0.25) is 11.7 Å². The highest BCUT2D eigenvalue weighted by Gasteiger charge is 2.61. The van der Waals surface area contributed by atoms with E-state index in [1.807, 2.05) is 0 Å². The second-order valence-electron chi connectivity index (χ2n) is 11.4. The molecule has 0 unspecified atom stereocenters. The molecule has 6 rings (SSSR count). The summed E-state index contributed by atoms with van der Waals surface area (Å²) in [5.41, 5.74) is 1.05. The predicted octanol–water partition coefficient (Wildman–Crippen LogP) is 5.40. The molecule has 0 radical (unpaired) electrons. The summed E-state index contributed by atoms with van der Waals surface area (Å²) < 4.78 is 75.2. The maximum Gasteiger partial charge on any atom is 0.306 e. The van der Waals surface area contributed by atoms with Crippen molar-refractivity contribution in [3.63, 3.8) is 0 Å². The first-order chi connectivity index (χ1) is 20.5. The monoisotopic (exact) mass is 614 g/mol.